The number of carbonyl (C=O) groups is 1. The minimum absolute atomic E-state index is 0.0571. The Morgan fingerprint density at radius 1 is 1.15 bits per heavy atom. The van der Waals surface area contributed by atoms with Crippen LogP contribution in [-0.2, 0) is 11.3 Å². The van der Waals surface area contributed by atoms with Gasteiger partial charge in [0.1, 0.15) is 5.52 Å². The molecule has 7 heteroatoms. The molecule has 0 aliphatic rings. The fraction of sp³-hybridized carbons (Fsp3) is 0.200. The zero-order valence-electron chi connectivity index (χ0n) is 15.1. The SMILES string of the molecule is Cc1cc(C)c2c(c1)[nH]c1nnc(SCC(=O)NCc3ccccc3)nc12. The summed E-state index contributed by atoms with van der Waals surface area (Å²) in [7, 11) is 0. The molecule has 2 heterocycles. The molecule has 2 N–H and O–H groups in total. The zero-order valence-corrected chi connectivity index (χ0v) is 15.9. The van der Waals surface area contributed by atoms with Gasteiger partial charge in [0.15, 0.2) is 5.65 Å². The second kappa shape index (κ2) is 7.36. The highest BCUT2D eigenvalue weighted by Gasteiger charge is 2.13. The van der Waals surface area contributed by atoms with E-state index in [9.17, 15) is 4.79 Å². The molecule has 4 rings (SSSR count). The van der Waals surface area contributed by atoms with E-state index in [0.717, 1.165) is 27.5 Å². The van der Waals surface area contributed by atoms with Crippen LogP contribution in [0.25, 0.3) is 22.1 Å². The first-order chi connectivity index (χ1) is 13.1. The Hall–Kier alpha value is -2.93. The first-order valence-corrected chi connectivity index (χ1v) is 9.65. The normalized spacial score (nSPS) is 11.2. The number of carbonyl (C=O) groups excluding carboxylic acids is 1. The summed E-state index contributed by atoms with van der Waals surface area (Å²) in [5.41, 5.74) is 5.87. The van der Waals surface area contributed by atoms with Gasteiger partial charge in [-0.25, -0.2) is 4.98 Å². The van der Waals surface area contributed by atoms with E-state index in [2.05, 4.69) is 51.5 Å². The maximum absolute atomic E-state index is 12.1. The summed E-state index contributed by atoms with van der Waals surface area (Å²) in [5, 5.41) is 12.8. The van der Waals surface area contributed by atoms with Crippen molar-refractivity contribution in [3.05, 3.63) is 59.2 Å². The molecule has 136 valence electrons. The van der Waals surface area contributed by atoms with E-state index in [1.165, 1.54) is 17.3 Å². The van der Waals surface area contributed by atoms with Gasteiger partial charge in [-0.3, -0.25) is 4.79 Å². The lowest BCUT2D eigenvalue weighted by molar-refractivity contribution is -0.118. The molecule has 27 heavy (non-hydrogen) atoms. The van der Waals surface area contributed by atoms with Crippen molar-refractivity contribution in [2.24, 2.45) is 0 Å². The first kappa shape index (κ1) is 17.5. The second-order valence-electron chi connectivity index (χ2n) is 6.47. The number of aromatic amines is 1. The van der Waals surface area contributed by atoms with Crippen LogP contribution in [0.1, 0.15) is 16.7 Å². The van der Waals surface area contributed by atoms with Gasteiger partial charge in [0.2, 0.25) is 11.1 Å². The predicted octanol–water partition coefficient (Wildman–Crippen LogP) is 3.53. The summed E-state index contributed by atoms with van der Waals surface area (Å²) < 4.78 is 0. The Morgan fingerprint density at radius 2 is 1.96 bits per heavy atom. The number of thioether (sulfide) groups is 1. The van der Waals surface area contributed by atoms with Crippen LogP contribution in [0.15, 0.2) is 47.6 Å². The smallest absolute Gasteiger partial charge is 0.230 e. The van der Waals surface area contributed by atoms with Crippen LogP contribution in [0, 0.1) is 13.8 Å². The molecule has 0 atom stereocenters. The largest absolute Gasteiger partial charge is 0.351 e. The third kappa shape index (κ3) is 3.78. The summed E-state index contributed by atoms with van der Waals surface area (Å²) in [6.07, 6.45) is 0. The van der Waals surface area contributed by atoms with E-state index in [-0.39, 0.29) is 11.7 Å². The van der Waals surface area contributed by atoms with Gasteiger partial charge in [0.05, 0.1) is 5.75 Å². The van der Waals surface area contributed by atoms with E-state index in [0.29, 0.717) is 17.3 Å². The van der Waals surface area contributed by atoms with E-state index >= 15 is 0 Å². The Kier molecular flexibility index (Phi) is 4.77. The average Bonchev–Trinajstić information content (AvgIpc) is 3.03. The molecular weight excluding hydrogens is 358 g/mol. The van der Waals surface area contributed by atoms with Gasteiger partial charge in [-0.1, -0.05) is 48.2 Å². The molecule has 0 saturated heterocycles. The van der Waals surface area contributed by atoms with Gasteiger partial charge in [-0.15, -0.1) is 10.2 Å². The topological polar surface area (TPSA) is 83.6 Å². The summed E-state index contributed by atoms with van der Waals surface area (Å²) in [4.78, 5) is 20.0. The number of amides is 1. The second-order valence-corrected chi connectivity index (χ2v) is 7.41. The summed E-state index contributed by atoms with van der Waals surface area (Å²) in [6, 6.07) is 14.0. The molecule has 2 aromatic heterocycles. The number of H-pyrrole nitrogens is 1. The molecule has 0 fully saturated rings. The lowest BCUT2D eigenvalue weighted by Crippen LogP contribution is -2.24. The minimum atomic E-state index is -0.0571. The van der Waals surface area contributed by atoms with Crippen molar-refractivity contribution in [3.8, 4) is 0 Å². The molecule has 2 aromatic carbocycles. The van der Waals surface area contributed by atoms with Gasteiger partial charge in [-0.2, -0.15) is 0 Å². The molecule has 0 aliphatic carbocycles. The monoisotopic (exact) mass is 377 g/mol. The first-order valence-electron chi connectivity index (χ1n) is 8.67. The van der Waals surface area contributed by atoms with Gasteiger partial charge >= 0.3 is 0 Å². The van der Waals surface area contributed by atoms with Crippen LogP contribution in [0.3, 0.4) is 0 Å². The van der Waals surface area contributed by atoms with E-state index < -0.39 is 0 Å². The summed E-state index contributed by atoms with van der Waals surface area (Å²) >= 11 is 1.29. The minimum Gasteiger partial charge on any atom is -0.351 e. The molecule has 0 saturated carbocycles. The molecule has 4 aromatic rings. The molecule has 1 amide bonds. The van der Waals surface area contributed by atoms with Crippen molar-refractivity contribution in [1.82, 2.24) is 25.5 Å². The molecule has 6 nitrogen and oxygen atoms in total. The Morgan fingerprint density at radius 3 is 2.78 bits per heavy atom. The van der Waals surface area contributed by atoms with E-state index in [1.807, 2.05) is 30.3 Å². The van der Waals surface area contributed by atoms with Crippen LogP contribution in [0.4, 0.5) is 0 Å². The van der Waals surface area contributed by atoms with Crippen molar-refractivity contribution in [1.29, 1.82) is 0 Å². The van der Waals surface area contributed by atoms with Crippen molar-refractivity contribution >= 4 is 39.7 Å². The average molecular weight is 377 g/mol. The molecule has 0 radical (unpaired) electrons. The predicted molar refractivity (Wildman–Crippen MR) is 108 cm³/mol. The van der Waals surface area contributed by atoms with Crippen LogP contribution in [0.5, 0.6) is 0 Å². The van der Waals surface area contributed by atoms with Gasteiger partial charge in [-0.05, 0) is 36.6 Å². The number of nitrogens with zero attached hydrogens (tertiary/aromatic N) is 3. The number of fused-ring (bicyclic) bond motifs is 3. The van der Waals surface area contributed by atoms with Gasteiger partial charge in [0, 0.05) is 17.4 Å². The Bertz CT molecular complexity index is 1120. The van der Waals surface area contributed by atoms with Crippen LogP contribution >= 0.6 is 11.8 Å². The van der Waals surface area contributed by atoms with Crippen LogP contribution in [0.2, 0.25) is 0 Å². The number of hydrogen-bond acceptors (Lipinski definition) is 5. The molecular formula is C20H19N5OS. The lowest BCUT2D eigenvalue weighted by Gasteiger charge is -2.04. The third-order valence-corrected chi connectivity index (χ3v) is 5.14. The highest BCUT2D eigenvalue weighted by Crippen LogP contribution is 2.27. The maximum atomic E-state index is 12.1. The van der Waals surface area contributed by atoms with E-state index in [1.54, 1.807) is 0 Å². The third-order valence-electron chi connectivity index (χ3n) is 4.30. The Balaban J connectivity index is 1.47. The number of aryl methyl sites for hydroxylation is 2. The number of aromatic nitrogens is 4. The summed E-state index contributed by atoms with van der Waals surface area (Å²) in [5.74, 6) is 0.193. The summed E-state index contributed by atoms with van der Waals surface area (Å²) in [6.45, 7) is 4.64. The van der Waals surface area contributed by atoms with E-state index in [4.69, 9.17) is 0 Å². The highest BCUT2D eigenvalue weighted by molar-refractivity contribution is 7.99. The zero-order chi connectivity index (χ0) is 18.8. The maximum Gasteiger partial charge on any atom is 0.230 e. The fourth-order valence-corrected chi connectivity index (χ4v) is 3.73. The number of benzene rings is 2. The fourth-order valence-electron chi connectivity index (χ4n) is 3.12. The Labute approximate surface area is 160 Å². The molecule has 0 bridgehead atoms. The van der Waals surface area contributed by atoms with Gasteiger partial charge < -0.3 is 10.3 Å². The van der Waals surface area contributed by atoms with Crippen molar-refractivity contribution in [2.45, 2.75) is 25.5 Å². The number of rotatable bonds is 5. The number of nitrogens with one attached hydrogen (secondary N) is 2. The van der Waals surface area contributed by atoms with Crippen LogP contribution < -0.4 is 5.32 Å². The quantitative estimate of drug-likeness (QED) is 0.520. The van der Waals surface area contributed by atoms with Gasteiger partial charge in [0.25, 0.3) is 0 Å². The molecule has 0 unspecified atom stereocenters. The van der Waals surface area contributed by atoms with Crippen LogP contribution in [-0.4, -0.2) is 31.8 Å². The number of hydrogen-bond donors (Lipinski definition) is 2. The molecule has 0 spiro atoms. The molecule has 0 aliphatic heterocycles. The van der Waals surface area contributed by atoms with Crippen molar-refractivity contribution < 1.29 is 4.79 Å². The lowest BCUT2D eigenvalue weighted by atomic mass is 10.1. The highest BCUT2D eigenvalue weighted by atomic mass is 32.2. The standard InChI is InChI=1S/C20H19N5OS/c1-12-8-13(2)17-15(9-12)22-19-18(17)23-20(25-24-19)27-11-16(26)21-10-14-6-4-3-5-7-14/h3-9H,10-11H2,1-2H3,(H,21,26)(H,22,24). The van der Waals surface area contributed by atoms with Crippen molar-refractivity contribution in [2.75, 3.05) is 5.75 Å². The van der Waals surface area contributed by atoms with Crippen molar-refractivity contribution in [3.63, 3.8) is 0 Å².